The van der Waals surface area contributed by atoms with Crippen molar-refractivity contribution < 1.29 is 9.59 Å². The lowest BCUT2D eigenvalue weighted by Crippen LogP contribution is -2.51. The standard InChI is InChI=1S/C23H28N2O2/c1-17(2)21(25-20(26)15-18-9-5-3-6-10-18)22(27)24-16-23(13-14-23)19-11-7-4-8-12-19/h3-12,17,21H,13-16H2,1-2H3,(H,24,27)(H,25,26). The second kappa shape index (κ2) is 8.38. The van der Waals surface area contributed by atoms with Crippen LogP contribution in [-0.4, -0.2) is 24.4 Å². The Hall–Kier alpha value is -2.62. The number of hydrogen-bond acceptors (Lipinski definition) is 2. The zero-order chi connectivity index (χ0) is 19.3. The zero-order valence-corrected chi connectivity index (χ0v) is 16.1. The molecule has 0 spiro atoms. The van der Waals surface area contributed by atoms with Gasteiger partial charge in [-0.2, -0.15) is 0 Å². The highest BCUT2D eigenvalue weighted by molar-refractivity contribution is 5.88. The van der Waals surface area contributed by atoms with Gasteiger partial charge in [-0.15, -0.1) is 0 Å². The second-order valence-corrected chi connectivity index (χ2v) is 7.82. The molecule has 4 heteroatoms. The van der Waals surface area contributed by atoms with Gasteiger partial charge in [0.25, 0.3) is 0 Å². The summed E-state index contributed by atoms with van der Waals surface area (Å²) in [7, 11) is 0. The Bertz CT molecular complexity index is 767. The third-order valence-electron chi connectivity index (χ3n) is 5.31. The Morgan fingerprint density at radius 2 is 1.56 bits per heavy atom. The molecule has 1 aliphatic carbocycles. The minimum absolute atomic E-state index is 0.0246. The first kappa shape index (κ1) is 19.2. The zero-order valence-electron chi connectivity index (χ0n) is 16.1. The van der Waals surface area contributed by atoms with Crippen LogP contribution in [-0.2, 0) is 21.4 Å². The van der Waals surface area contributed by atoms with Crippen molar-refractivity contribution in [1.29, 1.82) is 0 Å². The summed E-state index contributed by atoms with van der Waals surface area (Å²) in [6.07, 6.45) is 2.46. The monoisotopic (exact) mass is 364 g/mol. The van der Waals surface area contributed by atoms with Gasteiger partial charge >= 0.3 is 0 Å². The van der Waals surface area contributed by atoms with Crippen molar-refractivity contribution in [2.75, 3.05) is 6.54 Å². The van der Waals surface area contributed by atoms with Crippen LogP contribution in [0.25, 0.3) is 0 Å². The van der Waals surface area contributed by atoms with Gasteiger partial charge < -0.3 is 10.6 Å². The summed E-state index contributed by atoms with van der Waals surface area (Å²) in [6.45, 7) is 4.53. The molecule has 142 valence electrons. The highest BCUT2D eigenvalue weighted by Crippen LogP contribution is 2.47. The molecule has 2 amide bonds. The molecular weight excluding hydrogens is 336 g/mol. The first-order chi connectivity index (χ1) is 13.0. The number of amides is 2. The van der Waals surface area contributed by atoms with Gasteiger partial charge in [0.2, 0.25) is 11.8 Å². The first-order valence-electron chi connectivity index (χ1n) is 9.67. The van der Waals surface area contributed by atoms with Crippen molar-refractivity contribution in [2.24, 2.45) is 5.92 Å². The largest absolute Gasteiger partial charge is 0.353 e. The first-order valence-corrected chi connectivity index (χ1v) is 9.67. The minimum Gasteiger partial charge on any atom is -0.353 e. The van der Waals surface area contributed by atoms with Crippen LogP contribution in [0.5, 0.6) is 0 Å². The lowest BCUT2D eigenvalue weighted by Gasteiger charge is -2.24. The van der Waals surface area contributed by atoms with Crippen molar-refractivity contribution in [2.45, 2.75) is 44.6 Å². The number of hydrogen-bond donors (Lipinski definition) is 2. The molecule has 1 aliphatic rings. The maximum Gasteiger partial charge on any atom is 0.242 e. The van der Waals surface area contributed by atoms with Crippen molar-refractivity contribution in [3.63, 3.8) is 0 Å². The molecule has 0 aromatic heterocycles. The predicted molar refractivity (Wildman–Crippen MR) is 107 cm³/mol. The van der Waals surface area contributed by atoms with Crippen LogP contribution in [0, 0.1) is 5.92 Å². The van der Waals surface area contributed by atoms with Crippen LogP contribution in [0.2, 0.25) is 0 Å². The molecule has 0 heterocycles. The lowest BCUT2D eigenvalue weighted by molar-refractivity contribution is -0.129. The molecule has 2 N–H and O–H groups in total. The minimum atomic E-state index is -0.521. The molecule has 1 fully saturated rings. The van der Waals surface area contributed by atoms with Gasteiger partial charge in [0.05, 0.1) is 6.42 Å². The van der Waals surface area contributed by atoms with E-state index in [0.29, 0.717) is 6.54 Å². The maximum atomic E-state index is 12.8. The fourth-order valence-corrected chi connectivity index (χ4v) is 3.42. The number of carbonyl (C=O) groups is 2. The molecule has 1 atom stereocenters. The van der Waals surface area contributed by atoms with E-state index < -0.39 is 6.04 Å². The molecular formula is C23H28N2O2. The number of carbonyl (C=O) groups excluding carboxylic acids is 2. The van der Waals surface area contributed by atoms with E-state index in [2.05, 4.69) is 22.8 Å². The van der Waals surface area contributed by atoms with Gasteiger partial charge in [0.1, 0.15) is 6.04 Å². The van der Waals surface area contributed by atoms with E-state index in [1.807, 2.05) is 62.4 Å². The summed E-state index contributed by atoms with van der Waals surface area (Å²) in [5.41, 5.74) is 2.28. The van der Waals surface area contributed by atoms with Crippen LogP contribution in [0.15, 0.2) is 60.7 Å². The van der Waals surface area contributed by atoms with E-state index in [9.17, 15) is 9.59 Å². The Balaban J connectivity index is 1.56. The molecule has 4 nitrogen and oxygen atoms in total. The summed E-state index contributed by atoms with van der Waals surface area (Å²) < 4.78 is 0. The average Bonchev–Trinajstić information content (AvgIpc) is 3.47. The summed E-state index contributed by atoms with van der Waals surface area (Å²) in [5.74, 6) is -0.204. The van der Waals surface area contributed by atoms with Gasteiger partial charge in [-0.05, 0) is 29.9 Å². The molecule has 1 unspecified atom stereocenters. The number of benzene rings is 2. The van der Waals surface area contributed by atoms with Crippen molar-refractivity contribution in [3.8, 4) is 0 Å². The van der Waals surface area contributed by atoms with E-state index >= 15 is 0 Å². The topological polar surface area (TPSA) is 58.2 Å². The van der Waals surface area contributed by atoms with Gasteiger partial charge in [-0.25, -0.2) is 0 Å². The second-order valence-electron chi connectivity index (χ2n) is 7.82. The van der Waals surface area contributed by atoms with Crippen LogP contribution < -0.4 is 10.6 Å². The van der Waals surface area contributed by atoms with Crippen LogP contribution in [0.3, 0.4) is 0 Å². The average molecular weight is 364 g/mol. The lowest BCUT2D eigenvalue weighted by atomic mass is 9.95. The summed E-state index contributed by atoms with van der Waals surface area (Å²) in [6, 6.07) is 19.4. The molecule has 3 rings (SSSR count). The maximum absolute atomic E-state index is 12.8. The normalized spacial score (nSPS) is 15.8. The summed E-state index contributed by atoms with van der Waals surface area (Å²) in [4.78, 5) is 25.1. The smallest absolute Gasteiger partial charge is 0.242 e. The van der Waals surface area contributed by atoms with Gasteiger partial charge in [-0.1, -0.05) is 74.5 Å². The van der Waals surface area contributed by atoms with Gasteiger partial charge in [0, 0.05) is 12.0 Å². The van der Waals surface area contributed by atoms with E-state index in [-0.39, 0.29) is 29.6 Å². The van der Waals surface area contributed by atoms with Gasteiger partial charge in [-0.3, -0.25) is 9.59 Å². The molecule has 0 radical (unpaired) electrons. The molecule has 27 heavy (non-hydrogen) atoms. The summed E-state index contributed by atoms with van der Waals surface area (Å²) in [5, 5.41) is 5.99. The number of nitrogens with one attached hydrogen (secondary N) is 2. The Labute approximate surface area is 161 Å². The van der Waals surface area contributed by atoms with Gasteiger partial charge in [0.15, 0.2) is 0 Å². The van der Waals surface area contributed by atoms with Crippen LogP contribution >= 0.6 is 0 Å². The predicted octanol–water partition coefficient (Wildman–Crippen LogP) is 3.22. The van der Waals surface area contributed by atoms with Crippen LogP contribution in [0.4, 0.5) is 0 Å². The summed E-state index contributed by atoms with van der Waals surface area (Å²) >= 11 is 0. The quantitative estimate of drug-likeness (QED) is 0.756. The van der Waals surface area contributed by atoms with E-state index in [0.717, 1.165) is 18.4 Å². The SMILES string of the molecule is CC(C)C(NC(=O)Cc1ccccc1)C(=O)NCC1(c2ccccc2)CC1. The molecule has 2 aromatic rings. The third-order valence-corrected chi connectivity index (χ3v) is 5.31. The molecule has 2 aromatic carbocycles. The Morgan fingerprint density at radius 3 is 2.11 bits per heavy atom. The highest BCUT2D eigenvalue weighted by atomic mass is 16.2. The Kier molecular flexibility index (Phi) is 5.94. The fraction of sp³-hybridized carbons (Fsp3) is 0.391. The third kappa shape index (κ3) is 4.97. The van der Waals surface area contributed by atoms with Crippen molar-refractivity contribution in [1.82, 2.24) is 10.6 Å². The highest BCUT2D eigenvalue weighted by Gasteiger charge is 2.44. The van der Waals surface area contributed by atoms with Crippen LogP contribution in [0.1, 0.15) is 37.8 Å². The molecule has 0 aliphatic heterocycles. The van der Waals surface area contributed by atoms with Crippen molar-refractivity contribution in [3.05, 3.63) is 71.8 Å². The van der Waals surface area contributed by atoms with E-state index in [1.54, 1.807) is 0 Å². The Morgan fingerprint density at radius 1 is 0.963 bits per heavy atom. The molecule has 1 saturated carbocycles. The van der Waals surface area contributed by atoms with Crippen molar-refractivity contribution >= 4 is 11.8 Å². The fourth-order valence-electron chi connectivity index (χ4n) is 3.42. The van der Waals surface area contributed by atoms with E-state index in [4.69, 9.17) is 0 Å². The molecule has 0 bridgehead atoms. The molecule has 0 saturated heterocycles. The van der Waals surface area contributed by atoms with E-state index in [1.165, 1.54) is 5.56 Å². The number of rotatable bonds is 8.